The summed E-state index contributed by atoms with van der Waals surface area (Å²) in [7, 11) is 1.90. The molecule has 0 unspecified atom stereocenters. The van der Waals surface area contributed by atoms with E-state index in [9.17, 15) is 9.59 Å². The van der Waals surface area contributed by atoms with Crippen molar-refractivity contribution >= 4 is 11.8 Å². The van der Waals surface area contributed by atoms with Crippen molar-refractivity contribution in [3.05, 3.63) is 29.8 Å². The molecule has 2 fully saturated rings. The zero-order valence-corrected chi connectivity index (χ0v) is 14.5. The van der Waals surface area contributed by atoms with Gasteiger partial charge in [0, 0.05) is 31.5 Å². The van der Waals surface area contributed by atoms with Crippen molar-refractivity contribution in [1.82, 2.24) is 10.2 Å². The number of aryl methyl sites for hydroxylation is 1. The lowest BCUT2D eigenvalue weighted by molar-refractivity contribution is -0.139. The number of carbonyl (C=O) groups excluding carboxylic acids is 2. The van der Waals surface area contributed by atoms with Crippen LogP contribution in [0.4, 0.5) is 0 Å². The first-order valence-corrected chi connectivity index (χ1v) is 8.72. The van der Waals surface area contributed by atoms with Crippen molar-refractivity contribution < 1.29 is 14.3 Å². The second-order valence-corrected chi connectivity index (χ2v) is 7.15. The maximum absolute atomic E-state index is 12.1. The predicted molar refractivity (Wildman–Crippen MR) is 91.8 cm³/mol. The Morgan fingerprint density at radius 1 is 1.33 bits per heavy atom. The van der Waals surface area contributed by atoms with E-state index >= 15 is 0 Å². The maximum atomic E-state index is 12.1. The average Bonchev–Trinajstić information content (AvgIpc) is 3.01. The van der Waals surface area contributed by atoms with Gasteiger partial charge >= 0.3 is 0 Å². The van der Waals surface area contributed by atoms with Gasteiger partial charge in [0.15, 0.2) is 6.61 Å². The third-order valence-corrected chi connectivity index (χ3v) is 5.59. The summed E-state index contributed by atoms with van der Waals surface area (Å²) in [5.74, 6) is 0.831. The van der Waals surface area contributed by atoms with Gasteiger partial charge in [-0.2, -0.15) is 0 Å². The number of rotatable bonds is 5. The topological polar surface area (TPSA) is 58.6 Å². The van der Waals surface area contributed by atoms with Crippen LogP contribution in [0.25, 0.3) is 0 Å². The molecule has 0 radical (unpaired) electrons. The van der Waals surface area contributed by atoms with Crippen LogP contribution in [-0.4, -0.2) is 43.0 Å². The highest BCUT2D eigenvalue weighted by atomic mass is 16.5. The summed E-state index contributed by atoms with van der Waals surface area (Å²) >= 11 is 0. The van der Waals surface area contributed by atoms with Crippen LogP contribution in [-0.2, 0) is 9.59 Å². The van der Waals surface area contributed by atoms with E-state index < -0.39 is 0 Å². The Labute approximate surface area is 143 Å². The van der Waals surface area contributed by atoms with Crippen molar-refractivity contribution in [2.75, 3.05) is 20.2 Å². The van der Waals surface area contributed by atoms with Crippen molar-refractivity contribution in [1.29, 1.82) is 0 Å². The molecular weight excluding hydrogens is 304 g/mol. The largest absolute Gasteiger partial charge is 0.484 e. The smallest absolute Gasteiger partial charge is 0.257 e. The second kappa shape index (κ2) is 6.83. The van der Waals surface area contributed by atoms with Crippen LogP contribution in [0.1, 0.15) is 37.7 Å². The lowest BCUT2D eigenvalue weighted by atomic mass is 9.74. The van der Waals surface area contributed by atoms with Gasteiger partial charge in [-0.1, -0.05) is 24.1 Å². The molecule has 2 atom stereocenters. The Morgan fingerprint density at radius 2 is 2.08 bits per heavy atom. The molecule has 5 heteroatoms. The number of hydrogen-bond acceptors (Lipinski definition) is 3. The third-order valence-electron chi connectivity index (χ3n) is 5.59. The second-order valence-electron chi connectivity index (χ2n) is 7.15. The maximum Gasteiger partial charge on any atom is 0.257 e. The standard InChI is InChI=1S/C19H26N2O3/c1-14-5-7-15(8-6-14)24-12-17(22)20-13-19-10-3-4-16(19)21(2)18(23)9-11-19/h5-8,16H,3-4,9-13H2,1-2H3,(H,20,22)/t16-,19+/m1/s1. The molecule has 1 aliphatic carbocycles. The molecule has 0 aromatic heterocycles. The van der Waals surface area contributed by atoms with E-state index in [0.717, 1.165) is 31.2 Å². The normalized spacial score (nSPS) is 26.2. The highest BCUT2D eigenvalue weighted by Gasteiger charge is 2.49. The minimum atomic E-state index is -0.102. The summed E-state index contributed by atoms with van der Waals surface area (Å²) in [6.45, 7) is 2.67. The van der Waals surface area contributed by atoms with Crippen molar-refractivity contribution in [2.24, 2.45) is 5.41 Å². The molecule has 0 bridgehead atoms. The van der Waals surface area contributed by atoms with E-state index in [2.05, 4.69) is 5.32 Å². The van der Waals surface area contributed by atoms with Crippen LogP contribution in [0, 0.1) is 12.3 Å². The van der Waals surface area contributed by atoms with Crippen LogP contribution in [0.3, 0.4) is 0 Å². The number of hydrogen-bond donors (Lipinski definition) is 1. The number of piperidine rings is 1. The fourth-order valence-corrected chi connectivity index (χ4v) is 4.13. The van der Waals surface area contributed by atoms with Gasteiger partial charge in [0.1, 0.15) is 5.75 Å². The van der Waals surface area contributed by atoms with Gasteiger partial charge in [0.2, 0.25) is 5.91 Å². The Bertz CT molecular complexity index is 614. The lowest BCUT2D eigenvalue weighted by Gasteiger charge is -2.44. The van der Waals surface area contributed by atoms with Crippen molar-refractivity contribution in [3.63, 3.8) is 0 Å². The van der Waals surface area contributed by atoms with Crippen LogP contribution in [0.2, 0.25) is 0 Å². The molecule has 130 valence electrons. The Kier molecular flexibility index (Phi) is 4.78. The average molecular weight is 330 g/mol. The van der Waals surface area contributed by atoms with Crippen LogP contribution in [0.5, 0.6) is 5.75 Å². The number of ether oxygens (including phenoxy) is 1. The molecule has 1 saturated heterocycles. The molecule has 3 rings (SSSR count). The van der Waals surface area contributed by atoms with Crippen molar-refractivity contribution in [3.8, 4) is 5.75 Å². The summed E-state index contributed by atoms with van der Waals surface area (Å²) < 4.78 is 5.53. The Morgan fingerprint density at radius 3 is 2.83 bits per heavy atom. The summed E-state index contributed by atoms with van der Waals surface area (Å²) in [6, 6.07) is 7.93. The number of likely N-dealkylation sites (tertiary alicyclic amines) is 1. The number of fused-ring (bicyclic) bond motifs is 1. The molecule has 1 N–H and O–H groups in total. The molecular formula is C19H26N2O3. The summed E-state index contributed by atoms with van der Waals surface area (Å²) in [5.41, 5.74) is 1.21. The zero-order chi connectivity index (χ0) is 17.2. The number of carbonyl (C=O) groups is 2. The van der Waals surface area contributed by atoms with Gasteiger partial charge in [-0.25, -0.2) is 0 Å². The quantitative estimate of drug-likeness (QED) is 0.901. The van der Waals surface area contributed by atoms with Crippen LogP contribution >= 0.6 is 0 Å². The van der Waals surface area contributed by atoms with Gasteiger partial charge in [-0.3, -0.25) is 9.59 Å². The van der Waals surface area contributed by atoms with Gasteiger partial charge in [-0.05, 0) is 38.3 Å². The number of nitrogens with one attached hydrogen (secondary N) is 1. The SMILES string of the molecule is Cc1ccc(OCC(=O)NC[C@@]23CCC[C@H]2N(C)C(=O)CC3)cc1. The molecule has 1 aromatic carbocycles. The number of amides is 2. The van der Waals surface area contributed by atoms with E-state index in [1.165, 1.54) is 0 Å². The minimum absolute atomic E-state index is 0.0264. The van der Waals surface area contributed by atoms with E-state index in [4.69, 9.17) is 4.74 Å². The summed E-state index contributed by atoms with van der Waals surface area (Å²) in [4.78, 5) is 26.0. The fraction of sp³-hybridized carbons (Fsp3) is 0.579. The van der Waals surface area contributed by atoms with Gasteiger partial charge < -0.3 is 15.0 Å². The molecule has 1 aromatic rings. The Balaban J connectivity index is 1.52. The van der Waals surface area contributed by atoms with Crippen molar-refractivity contribution in [2.45, 2.75) is 45.1 Å². The summed E-state index contributed by atoms with van der Waals surface area (Å²) in [5, 5.41) is 3.03. The summed E-state index contributed by atoms with van der Waals surface area (Å²) in [6.07, 6.45) is 4.70. The first-order chi connectivity index (χ1) is 11.5. The molecule has 5 nitrogen and oxygen atoms in total. The fourth-order valence-electron chi connectivity index (χ4n) is 4.13. The van der Waals surface area contributed by atoms with E-state index in [-0.39, 0.29) is 29.9 Å². The molecule has 1 saturated carbocycles. The van der Waals surface area contributed by atoms with E-state index in [0.29, 0.717) is 18.7 Å². The number of nitrogens with zero attached hydrogens (tertiary/aromatic N) is 1. The molecule has 2 amide bonds. The third kappa shape index (κ3) is 3.40. The molecule has 0 spiro atoms. The van der Waals surface area contributed by atoms with Gasteiger partial charge in [0.25, 0.3) is 5.91 Å². The lowest BCUT2D eigenvalue weighted by Crippen LogP contribution is -2.54. The predicted octanol–water partition coefficient (Wildman–Crippen LogP) is 2.28. The highest BCUT2D eigenvalue weighted by Crippen LogP contribution is 2.47. The molecule has 2 aliphatic rings. The van der Waals surface area contributed by atoms with Gasteiger partial charge in [0.05, 0.1) is 0 Å². The van der Waals surface area contributed by atoms with E-state index in [1.807, 2.05) is 43.1 Å². The Hall–Kier alpha value is -2.04. The van der Waals surface area contributed by atoms with Crippen LogP contribution < -0.4 is 10.1 Å². The molecule has 1 heterocycles. The monoisotopic (exact) mass is 330 g/mol. The molecule has 1 aliphatic heterocycles. The number of benzene rings is 1. The first-order valence-electron chi connectivity index (χ1n) is 8.72. The molecule has 24 heavy (non-hydrogen) atoms. The van der Waals surface area contributed by atoms with Gasteiger partial charge in [-0.15, -0.1) is 0 Å². The van der Waals surface area contributed by atoms with Crippen LogP contribution in [0.15, 0.2) is 24.3 Å². The highest BCUT2D eigenvalue weighted by molar-refractivity contribution is 5.78. The first kappa shape index (κ1) is 16.8. The minimum Gasteiger partial charge on any atom is -0.484 e. The zero-order valence-electron chi connectivity index (χ0n) is 14.5. The van der Waals surface area contributed by atoms with E-state index in [1.54, 1.807) is 0 Å².